The number of thiophene rings is 1. The van der Waals surface area contributed by atoms with E-state index in [1.54, 1.807) is 11.3 Å². The van der Waals surface area contributed by atoms with E-state index in [0.29, 0.717) is 0 Å². The maximum absolute atomic E-state index is 5.87. The molecule has 0 bridgehead atoms. The van der Waals surface area contributed by atoms with E-state index in [1.807, 2.05) is 12.4 Å². The molecule has 0 radical (unpaired) electrons. The highest BCUT2D eigenvalue weighted by Gasteiger charge is 2.22. The van der Waals surface area contributed by atoms with Gasteiger partial charge in [-0.1, -0.05) is 0 Å². The van der Waals surface area contributed by atoms with Gasteiger partial charge < -0.3 is 4.74 Å². The maximum Gasteiger partial charge on any atom is 0.0734 e. The monoisotopic (exact) mass is 314 g/mol. The zero-order chi connectivity index (χ0) is 14.8. The first kappa shape index (κ1) is 14.4. The third-order valence-electron chi connectivity index (χ3n) is 4.60. The van der Waals surface area contributed by atoms with E-state index in [1.165, 1.54) is 35.1 Å². The minimum atomic E-state index is 0.733. The van der Waals surface area contributed by atoms with E-state index in [4.69, 9.17) is 4.74 Å². The van der Waals surface area contributed by atoms with Crippen LogP contribution in [0.5, 0.6) is 0 Å². The predicted molar refractivity (Wildman–Crippen MR) is 88.8 cm³/mol. The normalized spacial score (nSPS) is 18.4. The second kappa shape index (κ2) is 6.49. The Balaban J connectivity index is 1.41. The van der Waals surface area contributed by atoms with E-state index < -0.39 is 0 Å². The van der Waals surface area contributed by atoms with Gasteiger partial charge in [0, 0.05) is 38.6 Å². The number of nitrogens with zero attached hydrogens (tertiary/aromatic N) is 2. The van der Waals surface area contributed by atoms with Crippen molar-refractivity contribution in [2.75, 3.05) is 13.2 Å². The minimum Gasteiger partial charge on any atom is -0.376 e. The van der Waals surface area contributed by atoms with Crippen LogP contribution in [0.25, 0.3) is 0 Å². The summed E-state index contributed by atoms with van der Waals surface area (Å²) in [4.78, 5) is 6.95. The Kier molecular flexibility index (Phi) is 4.24. The van der Waals surface area contributed by atoms with Gasteiger partial charge in [-0.05, 0) is 64.3 Å². The van der Waals surface area contributed by atoms with Crippen LogP contribution in [0, 0.1) is 5.92 Å². The molecule has 116 valence electrons. The Morgan fingerprint density at radius 1 is 1.32 bits per heavy atom. The lowest BCUT2D eigenvalue weighted by Crippen LogP contribution is -2.30. The van der Waals surface area contributed by atoms with Crippen molar-refractivity contribution in [2.24, 2.45) is 5.92 Å². The summed E-state index contributed by atoms with van der Waals surface area (Å²) in [5, 5.41) is 4.40. The van der Waals surface area contributed by atoms with Crippen molar-refractivity contribution in [1.29, 1.82) is 0 Å². The van der Waals surface area contributed by atoms with Crippen molar-refractivity contribution < 1.29 is 4.74 Å². The summed E-state index contributed by atoms with van der Waals surface area (Å²) < 4.78 is 5.87. The smallest absolute Gasteiger partial charge is 0.0734 e. The quantitative estimate of drug-likeness (QED) is 0.814. The van der Waals surface area contributed by atoms with Crippen LogP contribution in [-0.4, -0.2) is 23.0 Å². The molecule has 3 nitrogen and oxygen atoms in total. The fourth-order valence-electron chi connectivity index (χ4n) is 3.15. The van der Waals surface area contributed by atoms with Crippen LogP contribution in [0.4, 0.5) is 0 Å². The van der Waals surface area contributed by atoms with Gasteiger partial charge in [0.05, 0.1) is 6.61 Å². The van der Waals surface area contributed by atoms with Gasteiger partial charge in [-0.3, -0.25) is 9.88 Å². The number of hydrogen-bond donors (Lipinski definition) is 0. The lowest BCUT2D eigenvalue weighted by molar-refractivity contribution is 0.110. The molecular formula is C18H22N2OS. The fourth-order valence-corrected chi connectivity index (χ4v) is 3.81. The van der Waals surface area contributed by atoms with Gasteiger partial charge in [0.25, 0.3) is 0 Å². The van der Waals surface area contributed by atoms with Gasteiger partial charge in [0.15, 0.2) is 0 Å². The van der Waals surface area contributed by atoms with Crippen LogP contribution in [0.3, 0.4) is 0 Å². The molecule has 0 aromatic carbocycles. The molecule has 0 atom stereocenters. The van der Waals surface area contributed by atoms with Crippen molar-refractivity contribution in [2.45, 2.75) is 39.0 Å². The summed E-state index contributed by atoms with van der Waals surface area (Å²) in [6, 6.07) is 2.22. The summed E-state index contributed by atoms with van der Waals surface area (Å²) >= 11 is 1.78. The number of fused-ring (bicyclic) bond motifs is 1. The van der Waals surface area contributed by atoms with Gasteiger partial charge >= 0.3 is 0 Å². The number of ether oxygens (including phenoxy) is 1. The highest BCUT2D eigenvalue weighted by atomic mass is 32.1. The number of hydrogen-bond acceptors (Lipinski definition) is 4. The minimum absolute atomic E-state index is 0.733. The standard InChI is InChI=1S/C18H22N2OS/c1-2-14(1)11-21-12-17-8-19-7-16-10-20(5-3-18(16)17)9-15-4-6-22-13-15/h4,6-8,13-14H,1-3,5,9-12H2. The molecule has 4 heteroatoms. The lowest BCUT2D eigenvalue weighted by atomic mass is 9.97. The molecular weight excluding hydrogens is 292 g/mol. The topological polar surface area (TPSA) is 25.4 Å². The van der Waals surface area contributed by atoms with Crippen LogP contribution in [0.1, 0.15) is 35.1 Å². The lowest BCUT2D eigenvalue weighted by Gasteiger charge is -2.29. The molecule has 0 amide bonds. The Hall–Kier alpha value is -1.23. The van der Waals surface area contributed by atoms with E-state index in [9.17, 15) is 0 Å². The Bertz CT molecular complexity index is 622. The average Bonchev–Trinajstić information content (AvgIpc) is 3.22. The zero-order valence-corrected chi connectivity index (χ0v) is 13.6. The summed E-state index contributed by atoms with van der Waals surface area (Å²) in [6.07, 6.45) is 7.86. The fraction of sp³-hybridized carbons (Fsp3) is 0.500. The molecule has 2 aromatic rings. The van der Waals surface area contributed by atoms with Crippen LogP contribution in [-0.2, 0) is 30.9 Å². The second-order valence-electron chi connectivity index (χ2n) is 6.49. The summed E-state index contributed by atoms with van der Waals surface area (Å²) in [6.45, 7) is 4.84. The van der Waals surface area contributed by atoms with Gasteiger partial charge in [-0.25, -0.2) is 0 Å². The first-order valence-electron chi connectivity index (χ1n) is 8.14. The second-order valence-corrected chi connectivity index (χ2v) is 7.27. The molecule has 4 rings (SSSR count). The van der Waals surface area contributed by atoms with Crippen molar-refractivity contribution >= 4 is 11.3 Å². The third-order valence-corrected chi connectivity index (χ3v) is 5.33. The van der Waals surface area contributed by atoms with Crippen molar-refractivity contribution in [3.8, 4) is 0 Å². The van der Waals surface area contributed by atoms with Gasteiger partial charge in [0.2, 0.25) is 0 Å². The maximum atomic E-state index is 5.87. The Labute approximate surface area is 135 Å². The van der Waals surface area contributed by atoms with E-state index >= 15 is 0 Å². The summed E-state index contributed by atoms with van der Waals surface area (Å²) in [5.41, 5.74) is 5.58. The van der Waals surface area contributed by atoms with Crippen LogP contribution >= 0.6 is 11.3 Å². The van der Waals surface area contributed by atoms with Crippen molar-refractivity contribution in [3.63, 3.8) is 0 Å². The molecule has 0 N–H and O–H groups in total. The van der Waals surface area contributed by atoms with Crippen molar-refractivity contribution in [3.05, 3.63) is 51.5 Å². The average molecular weight is 314 g/mol. The SMILES string of the molecule is c1cc(CN2CCc3c(COCC4CC4)cncc3C2)cs1. The van der Waals surface area contributed by atoms with E-state index in [0.717, 1.165) is 45.2 Å². The highest BCUT2D eigenvalue weighted by Crippen LogP contribution is 2.29. The highest BCUT2D eigenvalue weighted by molar-refractivity contribution is 7.07. The first-order valence-corrected chi connectivity index (χ1v) is 9.08. The molecule has 1 aliphatic heterocycles. The van der Waals surface area contributed by atoms with E-state index in [-0.39, 0.29) is 0 Å². The van der Waals surface area contributed by atoms with Crippen LogP contribution < -0.4 is 0 Å². The first-order chi connectivity index (χ1) is 10.9. The van der Waals surface area contributed by atoms with Gasteiger partial charge in [-0.15, -0.1) is 0 Å². The molecule has 2 aromatic heterocycles. The summed E-state index contributed by atoms with van der Waals surface area (Å²) in [7, 11) is 0. The van der Waals surface area contributed by atoms with Gasteiger partial charge in [0.1, 0.15) is 0 Å². The Morgan fingerprint density at radius 3 is 3.09 bits per heavy atom. The Morgan fingerprint density at radius 2 is 2.27 bits per heavy atom. The van der Waals surface area contributed by atoms with Crippen molar-refractivity contribution in [1.82, 2.24) is 9.88 Å². The number of rotatable bonds is 6. The largest absolute Gasteiger partial charge is 0.376 e. The molecule has 1 saturated carbocycles. The number of pyridine rings is 1. The number of aromatic nitrogens is 1. The van der Waals surface area contributed by atoms with Gasteiger partial charge in [-0.2, -0.15) is 11.3 Å². The molecule has 0 unspecified atom stereocenters. The molecule has 0 spiro atoms. The molecule has 0 saturated heterocycles. The predicted octanol–water partition coefficient (Wildman–Crippen LogP) is 3.63. The molecule has 3 heterocycles. The summed E-state index contributed by atoms with van der Waals surface area (Å²) in [5.74, 6) is 0.827. The third kappa shape index (κ3) is 3.40. The molecule has 1 aliphatic carbocycles. The van der Waals surface area contributed by atoms with E-state index in [2.05, 4.69) is 26.7 Å². The zero-order valence-electron chi connectivity index (χ0n) is 12.8. The molecule has 22 heavy (non-hydrogen) atoms. The molecule has 1 fully saturated rings. The van der Waals surface area contributed by atoms with Crippen LogP contribution in [0.2, 0.25) is 0 Å². The van der Waals surface area contributed by atoms with Crippen LogP contribution in [0.15, 0.2) is 29.2 Å². The molecule has 2 aliphatic rings.